The third-order valence-electron chi connectivity index (χ3n) is 2.80. The molecular weight excluding hydrogens is 194 g/mol. The maximum atomic E-state index is 11.3. The summed E-state index contributed by atoms with van der Waals surface area (Å²) < 4.78 is 0. The molecule has 0 unspecified atom stereocenters. The van der Waals surface area contributed by atoms with Crippen molar-refractivity contribution in [3.8, 4) is 0 Å². The van der Waals surface area contributed by atoms with Gasteiger partial charge in [-0.2, -0.15) is 0 Å². The van der Waals surface area contributed by atoms with Gasteiger partial charge in [0.15, 0.2) is 0 Å². The molecule has 2 rings (SSSR count). The molecule has 2 fully saturated rings. The Morgan fingerprint density at radius 1 is 1.53 bits per heavy atom. The Labute approximate surface area is 89.2 Å². The molecule has 0 aromatic carbocycles. The van der Waals surface area contributed by atoms with Crippen LogP contribution < -0.4 is 10.6 Å². The lowest BCUT2D eigenvalue weighted by Crippen LogP contribution is -2.49. The quantitative estimate of drug-likeness (QED) is 0.683. The summed E-state index contributed by atoms with van der Waals surface area (Å²) in [7, 11) is 0. The second-order valence-electron chi connectivity index (χ2n) is 4.14. The molecule has 1 heterocycles. The van der Waals surface area contributed by atoms with Gasteiger partial charge in [-0.25, -0.2) is 4.79 Å². The molecule has 1 saturated carbocycles. The molecule has 1 saturated heterocycles. The highest BCUT2D eigenvalue weighted by atomic mass is 16.2. The van der Waals surface area contributed by atoms with E-state index in [1.54, 1.807) is 4.90 Å². The second-order valence-corrected chi connectivity index (χ2v) is 4.14. The number of nitrogens with zero attached hydrogens (tertiary/aromatic N) is 1. The lowest BCUT2D eigenvalue weighted by Gasteiger charge is -2.27. The molecule has 0 aromatic rings. The molecule has 15 heavy (non-hydrogen) atoms. The first-order valence-corrected chi connectivity index (χ1v) is 5.58. The second kappa shape index (κ2) is 4.51. The highest BCUT2D eigenvalue weighted by molar-refractivity contribution is 5.81. The van der Waals surface area contributed by atoms with Crippen LogP contribution in [0.1, 0.15) is 19.3 Å². The zero-order valence-corrected chi connectivity index (χ0v) is 8.79. The van der Waals surface area contributed by atoms with Gasteiger partial charge < -0.3 is 15.5 Å². The van der Waals surface area contributed by atoms with Crippen LogP contribution in [0.25, 0.3) is 0 Å². The van der Waals surface area contributed by atoms with Crippen molar-refractivity contribution in [3.63, 3.8) is 0 Å². The van der Waals surface area contributed by atoms with Crippen molar-refractivity contribution in [1.82, 2.24) is 15.5 Å². The molecule has 0 atom stereocenters. The molecule has 0 radical (unpaired) electrons. The highest BCUT2D eigenvalue weighted by Gasteiger charge is 2.29. The summed E-state index contributed by atoms with van der Waals surface area (Å²) in [5.41, 5.74) is 0. The smallest absolute Gasteiger partial charge is 0.317 e. The van der Waals surface area contributed by atoms with Crippen LogP contribution in [-0.4, -0.2) is 43.0 Å². The van der Waals surface area contributed by atoms with Gasteiger partial charge in [-0.1, -0.05) is 0 Å². The summed E-state index contributed by atoms with van der Waals surface area (Å²) in [6.45, 7) is 2.75. The van der Waals surface area contributed by atoms with Crippen molar-refractivity contribution in [2.45, 2.75) is 19.3 Å². The largest absolute Gasteiger partial charge is 0.354 e. The first kappa shape index (κ1) is 10.3. The fourth-order valence-electron chi connectivity index (χ4n) is 1.70. The average molecular weight is 211 g/mol. The lowest BCUT2D eigenvalue weighted by molar-refractivity contribution is -0.122. The summed E-state index contributed by atoms with van der Waals surface area (Å²) in [4.78, 5) is 24.4. The Morgan fingerprint density at radius 3 is 3.00 bits per heavy atom. The van der Waals surface area contributed by atoms with Gasteiger partial charge in [-0.3, -0.25) is 4.79 Å². The number of urea groups is 1. The number of hydrogen-bond acceptors (Lipinski definition) is 2. The van der Waals surface area contributed by atoms with Crippen molar-refractivity contribution < 1.29 is 9.59 Å². The van der Waals surface area contributed by atoms with Crippen molar-refractivity contribution >= 4 is 11.9 Å². The number of nitrogens with one attached hydrogen (secondary N) is 2. The topological polar surface area (TPSA) is 61.4 Å². The molecule has 1 aliphatic carbocycles. The van der Waals surface area contributed by atoms with Crippen LogP contribution in [0.4, 0.5) is 4.79 Å². The van der Waals surface area contributed by atoms with Gasteiger partial charge in [-0.05, 0) is 19.3 Å². The third-order valence-corrected chi connectivity index (χ3v) is 2.80. The fraction of sp³-hybridized carbons (Fsp3) is 0.800. The van der Waals surface area contributed by atoms with Crippen LogP contribution in [0.2, 0.25) is 0 Å². The average Bonchev–Trinajstić information content (AvgIpc) is 3.04. The van der Waals surface area contributed by atoms with Gasteiger partial charge in [0, 0.05) is 32.1 Å². The summed E-state index contributed by atoms with van der Waals surface area (Å²) in [6.07, 6.45) is 3.04. The van der Waals surface area contributed by atoms with Gasteiger partial charge in [0.05, 0.1) is 0 Å². The molecule has 0 aromatic heterocycles. The Kier molecular flexibility index (Phi) is 3.08. The molecule has 84 valence electrons. The molecular formula is C10H17N3O2. The number of amides is 3. The molecule has 3 amide bonds. The minimum absolute atomic E-state index is 0.0121. The van der Waals surface area contributed by atoms with Crippen LogP contribution in [0, 0.1) is 5.92 Å². The van der Waals surface area contributed by atoms with Crippen LogP contribution in [0.5, 0.6) is 0 Å². The normalized spacial score (nSPS) is 21.1. The Bertz CT molecular complexity index is 263. The molecule has 2 N–H and O–H groups in total. The molecule has 5 heteroatoms. The summed E-state index contributed by atoms with van der Waals surface area (Å²) in [6, 6.07) is -0.0121. The van der Waals surface area contributed by atoms with Crippen molar-refractivity contribution in [1.29, 1.82) is 0 Å². The molecule has 2 aliphatic rings. The van der Waals surface area contributed by atoms with Crippen LogP contribution in [0.3, 0.4) is 0 Å². The van der Waals surface area contributed by atoms with E-state index in [1.807, 2.05) is 0 Å². The lowest BCUT2D eigenvalue weighted by atomic mass is 10.3. The van der Waals surface area contributed by atoms with E-state index in [9.17, 15) is 9.59 Å². The van der Waals surface area contributed by atoms with Gasteiger partial charge in [0.25, 0.3) is 0 Å². The summed E-state index contributed by atoms with van der Waals surface area (Å²) in [5.74, 6) is 0.396. The third kappa shape index (κ3) is 2.84. The predicted octanol–water partition coefficient (Wildman–Crippen LogP) is -0.0721. The molecule has 5 nitrogen and oxygen atoms in total. The Balaban J connectivity index is 1.63. The van der Waals surface area contributed by atoms with Crippen molar-refractivity contribution in [2.75, 3.05) is 26.2 Å². The molecule has 0 bridgehead atoms. The van der Waals surface area contributed by atoms with E-state index in [1.165, 1.54) is 0 Å². The standard InChI is InChI=1S/C10H17N3O2/c14-9(8-2-3-8)11-5-7-13-6-1-4-12-10(13)15/h8H,1-7H2,(H,11,14)(H,12,15). The van der Waals surface area contributed by atoms with Gasteiger partial charge >= 0.3 is 6.03 Å². The van der Waals surface area contributed by atoms with Crippen molar-refractivity contribution in [2.24, 2.45) is 5.92 Å². The van der Waals surface area contributed by atoms with E-state index < -0.39 is 0 Å². The monoisotopic (exact) mass is 211 g/mol. The van der Waals surface area contributed by atoms with Crippen LogP contribution in [-0.2, 0) is 4.79 Å². The minimum atomic E-state index is -0.0121. The minimum Gasteiger partial charge on any atom is -0.354 e. The van der Waals surface area contributed by atoms with E-state index in [0.717, 1.165) is 32.4 Å². The van der Waals surface area contributed by atoms with Crippen molar-refractivity contribution in [3.05, 3.63) is 0 Å². The molecule has 0 spiro atoms. The predicted molar refractivity (Wildman–Crippen MR) is 55.3 cm³/mol. The van der Waals surface area contributed by atoms with Crippen LogP contribution in [0.15, 0.2) is 0 Å². The zero-order valence-electron chi connectivity index (χ0n) is 8.79. The summed E-state index contributed by atoms with van der Waals surface area (Å²) in [5, 5.41) is 5.63. The number of carbonyl (C=O) groups excluding carboxylic acids is 2. The maximum absolute atomic E-state index is 11.3. The summed E-state index contributed by atoms with van der Waals surface area (Å²) >= 11 is 0. The number of rotatable bonds is 4. The first-order valence-electron chi connectivity index (χ1n) is 5.58. The fourth-order valence-corrected chi connectivity index (χ4v) is 1.70. The van der Waals surface area contributed by atoms with Crippen LogP contribution >= 0.6 is 0 Å². The maximum Gasteiger partial charge on any atom is 0.317 e. The number of hydrogen-bond donors (Lipinski definition) is 2. The van der Waals surface area contributed by atoms with E-state index in [4.69, 9.17) is 0 Å². The van der Waals surface area contributed by atoms with Gasteiger partial charge in [-0.15, -0.1) is 0 Å². The van der Waals surface area contributed by atoms with E-state index >= 15 is 0 Å². The SMILES string of the molecule is O=C(NCCN1CCCNC1=O)C1CC1. The van der Waals surface area contributed by atoms with E-state index in [2.05, 4.69) is 10.6 Å². The highest BCUT2D eigenvalue weighted by Crippen LogP contribution is 2.28. The molecule has 1 aliphatic heterocycles. The van der Waals surface area contributed by atoms with E-state index in [0.29, 0.717) is 13.1 Å². The first-order chi connectivity index (χ1) is 7.27. The zero-order chi connectivity index (χ0) is 10.7. The Hall–Kier alpha value is -1.26. The Morgan fingerprint density at radius 2 is 2.33 bits per heavy atom. The van der Waals surface area contributed by atoms with Gasteiger partial charge in [0.1, 0.15) is 0 Å². The van der Waals surface area contributed by atoms with E-state index in [-0.39, 0.29) is 17.9 Å². The number of carbonyl (C=O) groups is 2. The van der Waals surface area contributed by atoms with Gasteiger partial charge in [0.2, 0.25) is 5.91 Å².